The fraction of sp³-hybridized carbons (Fsp3) is 0.0714. The molecule has 0 spiro atoms. The van der Waals surface area contributed by atoms with Crippen molar-refractivity contribution in [1.82, 2.24) is 0 Å². The van der Waals surface area contributed by atoms with Gasteiger partial charge >= 0.3 is 0 Å². The van der Waals surface area contributed by atoms with Crippen LogP contribution in [-0.4, -0.2) is 6.26 Å². The summed E-state index contributed by atoms with van der Waals surface area (Å²) in [5, 5.41) is 12.2. The Morgan fingerprint density at radius 2 is 1.94 bits per heavy atom. The average Bonchev–Trinajstić information content (AvgIpc) is 2.41. The van der Waals surface area contributed by atoms with Crippen LogP contribution in [0, 0.1) is 11.3 Å². The summed E-state index contributed by atoms with van der Waals surface area (Å²) in [7, 11) is 0. The van der Waals surface area contributed by atoms with Gasteiger partial charge in [-0.25, -0.2) is 0 Å². The lowest BCUT2D eigenvalue weighted by Crippen LogP contribution is -1.93. The highest BCUT2D eigenvalue weighted by Crippen LogP contribution is 2.31. The third-order valence-electron chi connectivity index (χ3n) is 2.47. The van der Waals surface area contributed by atoms with Crippen LogP contribution in [0.2, 0.25) is 0 Å². The summed E-state index contributed by atoms with van der Waals surface area (Å²) >= 11 is 5.17. The zero-order valence-corrected chi connectivity index (χ0v) is 12.2. The summed E-state index contributed by atoms with van der Waals surface area (Å²) in [5.41, 5.74) is 2.66. The standard InChI is InChI=1S/C14H11BrN2S/c1-18-14-5-3-2-4-13(14)17-12-7-6-10(9-16)8-11(12)15/h2-8,17H,1H3. The zero-order valence-electron chi connectivity index (χ0n) is 9.77. The second kappa shape index (κ2) is 5.94. The Morgan fingerprint density at radius 1 is 1.17 bits per heavy atom. The van der Waals surface area contributed by atoms with Gasteiger partial charge in [0.1, 0.15) is 0 Å². The molecule has 18 heavy (non-hydrogen) atoms. The minimum atomic E-state index is 0.644. The van der Waals surface area contributed by atoms with E-state index in [9.17, 15) is 0 Å². The Hall–Kier alpha value is -1.44. The van der Waals surface area contributed by atoms with E-state index >= 15 is 0 Å². The molecule has 2 nitrogen and oxygen atoms in total. The van der Waals surface area contributed by atoms with Gasteiger partial charge in [0.25, 0.3) is 0 Å². The summed E-state index contributed by atoms with van der Waals surface area (Å²) in [4.78, 5) is 1.19. The number of rotatable bonds is 3. The molecule has 0 aliphatic carbocycles. The lowest BCUT2D eigenvalue weighted by molar-refractivity contribution is 1.40. The van der Waals surface area contributed by atoms with Crippen molar-refractivity contribution in [3.8, 4) is 6.07 Å². The molecule has 0 saturated heterocycles. The highest BCUT2D eigenvalue weighted by molar-refractivity contribution is 9.10. The van der Waals surface area contributed by atoms with E-state index in [0.717, 1.165) is 15.8 Å². The van der Waals surface area contributed by atoms with Crippen molar-refractivity contribution in [2.24, 2.45) is 0 Å². The normalized spacial score (nSPS) is 9.83. The van der Waals surface area contributed by atoms with Crippen molar-refractivity contribution in [3.05, 3.63) is 52.5 Å². The number of hydrogen-bond acceptors (Lipinski definition) is 3. The maximum atomic E-state index is 8.83. The molecule has 2 rings (SSSR count). The molecule has 0 atom stereocenters. The minimum Gasteiger partial charge on any atom is -0.354 e. The van der Waals surface area contributed by atoms with E-state index in [2.05, 4.69) is 33.4 Å². The van der Waals surface area contributed by atoms with E-state index in [1.807, 2.05) is 36.6 Å². The first kappa shape index (κ1) is 13.0. The van der Waals surface area contributed by atoms with Gasteiger partial charge in [-0.15, -0.1) is 11.8 Å². The molecule has 0 unspecified atom stereocenters. The number of halogens is 1. The largest absolute Gasteiger partial charge is 0.354 e. The number of thioether (sulfide) groups is 1. The molecule has 90 valence electrons. The Morgan fingerprint density at radius 3 is 2.61 bits per heavy atom. The number of para-hydroxylation sites is 1. The Labute approximate surface area is 119 Å². The highest BCUT2D eigenvalue weighted by atomic mass is 79.9. The molecular formula is C14H11BrN2S. The van der Waals surface area contributed by atoms with Gasteiger partial charge in [-0.2, -0.15) is 5.26 Å². The number of nitriles is 1. The summed E-state index contributed by atoms with van der Waals surface area (Å²) < 4.78 is 0.887. The molecule has 2 aromatic carbocycles. The quantitative estimate of drug-likeness (QED) is 0.827. The molecule has 0 aromatic heterocycles. The van der Waals surface area contributed by atoms with Crippen LogP contribution in [0.3, 0.4) is 0 Å². The number of nitrogens with zero attached hydrogens (tertiary/aromatic N) is 1. The molecule has 0 saturated carbocycles. The van der Waals surface area contributed by atoms with Crippen molar-refractivity contribution in [2.75, 3.05) is 11.6 Å². The van der Waals surface area contributed by atoms with Crippen molar-refractivity contribution in [2.45, 2.75) is 4.90 Å². The average molecular weight is 319 g/mol. The summed E-state index contributed by atoms with van der Waals surface area (Å²) in [6.45, 7) is 0. The van der Waals surface area contributed by atoms with Crippen LogP contribution in [-0.2, 0) is 0 Å². The van der Waals surface area contributed by atoms with E-state index in [1.165, 1.54) is 4.90 Å². The van der Waals surface area contributed by atoms with Crippen LogP contribution >= 0.6 is 27.7 Å². The molecule has 0 amide bonds. The first-order chi connectivity index (χ1) is 8.74. The Bertz CT molecular complexity index is 605. The van der Waals surface area contributed by atoms with E-state index in [1.54, 1.807) is 17.8 Å². The van der Waals surface area contributed by atoms with Crippen LogP contribution in [0.4, 0.5) is 11.4 Å². The molecule has 1 N–H and O–H groups in total. The molecule has 0 heterocycles. The number of benzene rings is 2. The molecule has 0 radical (unpaired) electrons. The van der Waals surface area contributed by atoms with Crippen LogP contribution in [0.1, 0.15) is 5.56 Å². The third kappa shape index (κ3) is 2.87. The minimum absolute atomic E-state index is 0.644. The molecule has 2 aromatic rings. The predicted molar refractivity (Wildman–Crippen MR) is 80.4 cm³/mol. The molecule has 4 heteroatoms. The van der Waals surface area contributed by atoms with Gasteiger partial charge in [0.15, 0.2) is 0 Å². The Balaban J connectivity index is 2.32. The third-order valence-corrected chi connectivity index (χ3v) is 3.93. The maximum Gasteiger partial charge on any atom is 0.0992 e. The van der Waals surface area contributed by atoms with Gasteiger partial charge in [0.05, 0.1) is 23.0 Å². The van der Waals surface area contributed by atoms with Crippen LogP contribution in [0.25, 0.3) is 0 Å². The van der Waals surface area contributed by atoms with E-state index in [0.29, 0.717) is 5.56 Å². The van der Waals surface area contributed by atoms with Crippen LogP contribution < -0.4 is 5.32 Å². The van der Waals surface area contributed by atoms with Crippen LogP contribution in [0.15, 0.2) is 51.8 Å². The SMILES string of the molecule is CSc1ccccc1Nc1ccc(C#N)cc1Br. The number of hydrogen-bond donors (Lipinski definition) is 1. The molecule has 0 aliphatic heterocycles. The van der Waals surface area contributed by atoms with Crippen molar-refractivity contribution in [1.29, 1.82) is 5.26 Å². The van der Waals surface area contributed by atoms with E-state index in [4.69, 9.17) is 5.26 Å². The van der Waals surface area contributed by atoms with Gasteiger partial charge in [0.2, 0.25) is 0 Å². The number of anilines is 2. The maximum absolute atomic E-state index is 8.83. The summed E-state index contributed by atoms with van der Waals surface area (Å²) in [5.74, 6) is 0. The molecule has 0 aliphatic rings. The smallest absolute Gasteiger partial charge is 0.0992 e. The zero-order chi connectivity index (χ0) is 13.0. The van der Waals surface area contributed by atoms with Gasteiger partial charge in [-0.3, -0.25) is 0 Å². The van der Waals surface area contributed by atoms with Crippen molar-refractivity contribution < 1.29 is 0 Å². The van der Waals surface area contributed by atoms with Crippen LogP contribution in [0.5, 0.6) is 0 Å². The second-order valence-electron chi connectivity index (χ2n) is 3.63. The lowest BCUT2D eigenvalue weighted by Gasteiger charge is -2.11. The summed E-state index contributed by atoms with van der Waals surface area (Å²) in [6, 6.07) is 15.8. The molecule has 0 bridgehead atoms. The van der Waals surface area contributed by atoms with E-state index in [-0.39, 0.29) is 0 Å². The van der Waals surface area contributed by atoms with Crippen molar-refractivity contribution in [3.63, 3.8) is 0 Å². The highest BCUT2D eigenvalue weighted by Gasteiger charge is 2.04. The van der Waals surface area contributed by atoms with Gasteiger partial charge in [-0.05, 0) is 52.5 Å². The first-order valence-electron chi connectivity index (χ1n) is 5.34. The summed E-state index contributed by atoms with van der Waals surface area (Å²) in [6.07, 6.45) is 2.05. The van der Waals surface area contributed by atoms with Gasteiger partial charge in [0, 0.05) is 9.37 Å². The topological polar surface area (TPSA) is 35.8 Å². The van der Waals surface area contributed by atoms with Gasteiger partial charge in [-0.1, -0.05) is 12.1 Å². The second-order valence-corrected chi connectivity index (χ2v) is 5.33. The fourth-order valence-electron chi connectivity index (χ4n) is 1.58. The van der Waals surface area contributed by atoms with Crippen molar-refractivity contribution >= 4 is 39.1 Å². The Kier molecular flexibility index (Phi) is 4.29. The molecule has 0 fully saturated rings. The monoisotopic (exact) mass is 318 g/mol. The first-order valence-corrected chi connectivity index (χ1v) is 7.36. The predicted octanol–water partition coefficient (Wildman–Crippen LogP) is 4.79. The fourth-order valence-corrected chi connectivity index (χ4v) is 2.61. The van der Waals surface area contributed by atoms with Gasteiger partial charge < -0.3 is 5.32 Å². The van der Waals surface area contributed by atoms with E-state index < -0.39 is 0 Å². The molecular weight excluding hydrogens is 308 g/mol. The lowest BCUT2D eigenvalue weighted by atomic mass is 10.2. The number of nitrogens with one attached hydrogen (secondary N) is 1.